The van der Waals surface area contributed by atoms with E-state index in [1.807, 2.05) is 6.92 Å². The van der Waals surface area contributed by atoms with Crippen LogP contribution in [0.3, 0.4) is 0 Å². The first-order valence-electron chi connectivity index (χ1n) is 7.89. The van der Waals surface area contributed by atoms with E-state index in [1.54, 1.807) is 12.1 Å². The number of carbonyl (C=O) groups excluding carboxylic acids is 2. The number of rotatable bonds is 3. The van der Waals surface area contributed by atoms with Crippen LogP contribution in [0.5, 0.6) is 0 Å². The van der Waals surface area contributed by atoms with E-state index in [0.717, 1.165) is 29.8 Å². The first-order valence-corrected chi connectivity index (χ1v) is 7.89. The summed E-state index contributed by atoms with van der Waals surface area (Å²) >= 11 is 0. The van der Waals surface area contributed by atoms with Gasteiger partial charge in [-0.25, -0.2) is 0 Å². The maximum Gasteiger partial charge on any atom is 0.269 e. The molecular formula is C18H18N2O4. The van der Waals surface area contributed by atoms with Crippen LogP contribution in [0.15, 0.2) is 46.8 Å². The van der Waals surface area contributed by atoms with Crippen molar-refractivity contribution in [1.82, 2.24) is 5.32 Å². The number of nitro benzene ring substituents is 1. The standard InChI is InChI=1S/C18H18N2O4/c1-10-16(11(2)21)17(12-6-8-13(9-7-12)20(23)24)18-14(19-10)4-3-5-15(18)22/h6-9,17,19H,3-5H2,1-2H3. The van der Waals surface area contributed by atoms with Gasteiger partial charge in [0.15, 0.2) is 11.6 Å². The van der Waals surface area contributed by atoms with Crippen LogP contribution in [-0.2, 0) is 9.59 Å². The van der Waals surface area contributed by atoms with Crippen molar-refractivity contribution < 1.29 is 14.5 Å². The third-order valence-electron chi connectivity index (χ3n) is 4.59. The van der Waals surface area contributed by atoms with Crippen LogP contribution in [0.25, 0.3) is 0 Å². The normalized spacial score (nSPS) is 20.6. The average Bonchev–Trinajstić information content (AvgIpc) is 2.53. The van der Waals surface area contributed by atoms with Gasteiger partial charge < -0.3 is 5.32 Å². The fourth-order valence-electron chi connectivity index (χ4n) is 3.57. The number of hydrogen-bond donors (Lipinski definition) is 1. The number of carbonyl (C=O) groups is 2. The number of nitrogens with one attached hydrogen (secondary N) is 1. The van der Waals surface area contributed by atoms with Crippen LogP contribution in [0.1, 0.15) is 44.6 Å². The molecule has 1 aromatic carbocycles. The minimum atomic E-state index is -0.463. The van der Waals surface area contributed by atoms with Crippen LogP contribution in [-0.4, -0.2) is 16.5 Å². The number of ketones is 2. The highest BCUT2D eigenvalue weighted by Gasteiger charge is 2.37. The SMILES string of the molecule is CC(=O)C1=C(C)NC2=C(C(=O)CCC2)C1c1ccc([N+](=O)[O-])cc1. The number of nitrogens with zero attached hydrogens (tertiary/aromatic N) is 1. The van der Waals surface area contributed by atoms with E-state index in [0.29, 0.717) is 17.6 Å². The van der Waals surface area contributed by atoms with Gasteiger partial charge in [0.05, 0.1) is 4.92 Å². The highest BCUT2D eigenvalue weighted by atomic mass is 16.6. The van der Waals surface area contributed by atoms with Crippen molar-refractivity contribution >= 4 is 17.3 Å². The van der Waals surface area contributed by atoms with E-state index in [4.69, 9.17) is 0 Å². The lowest BCUT2D eigenvalue weighted by Crippen LogP contribution is -2.33. The minimum Gasteiger partial charge on any atom is -0.362 e. The molecule has 1 atom stereocenters. The number of nitro groups is 1. The summed E-state index contributed by atoms with van der Waals surface area (Å²) in [7, 11) is 0. The number of non-ortho nitro benzene ring substituents is 1. The summed E-state index contributed by atoms with van der Waals surface area (Å²) in [5.74, 6) is -0.515. The summed E-state index contributed by atoms with van der Waals surface area (Å²) in [5, 5.41) is 14.1. The number of dihydropyridines is 1. The van der Waals surface area contributed by atoms with E-state index in [1.165, 1.54) is 19.1 Å². The number of Topliss-reactive ketones (excluding diaryl/α,β-unsaturated/α-hetero) is 2. The zero-order valence-corrected chi connectivity index (χ0v) is 13.6. The molecule has 1 aromatic rings. The zero-order valence-electron chi connectivity index (χ0n) is 13.6. The van der Waals surface area contributed by atoms with Gasteiger partial charge in [-0.1, -0.05) is 12.1 Å². The zero-order chi connectivity index (χ0) is 17.4. The third-order valence-corrected chi connectivity index (χ3v) is 4.59. The fourth-order valence-corrected chi connectivity index (χ4v) is 3.57. The topological polar surface area (TPSA) is 89.3 Å². The second kappa shape index (κ2) is 6.03. The van der Waals surface area contributed by atoms with Crippen LogP contribution >= 0.6 is 0 Å². The molecule has 0 fully saturated rings. The Labute approximate surface area is 139 Å². The van der Waals surface area contributed by atoms with Crippen molar-refractivity contribution in [3.05, 3.63) is 62.5 Å². The second-order valence-corrected chi connectivity index (χ2v) is 6.17. The Kier molecular flexibility index (Phi) is 4.05. The molecule has 0 amide bonds. The van der Waals surface area contributed by atoms with Crippen LogP contribution in [0, 0.1) is 10.1 Å². The predicted octanol–water partition coefficient (Wildman–Crippen LogP) is 3.15. The summed E-state index contributed by atoms with van der Waals surface area (Å²) in [4.78, 5) is 35.1. The summed E-state index contributed by atoms with van der Waals surface area (Å²) < 4.78 is 0. The van der Waals surface area contributed by atoms with E-state index in [2.05, 4.69) is 5.32 Å². The van der Waals surface area contributed by atoms with Gasteiger partial charge in [-0.3, -0.25) is 19.7 Å². The summed E-state index contributed by atoms with van der Waals surface area (Å²) in [6, 6.07) is 6.10. The van der Waals surface area contributed by atoms with Crippen molar-refractivity contribution in [3.63, 3.8) is 0 Å². The minimum absolute atomic E-state index is 0.0121. The first kappa shape index (κ1) is 16.1. The number of allylic oxidation sites excluding steroid dienone is 4. The Balaban J connectivity index is 2.15. The number of benzene rings is 1. The summed E-state index contributed by atoms with van der Waals surface area (Å²) in [5.41, 5.74) is 3.52. The van der Waals surface area contributed by atoms with E-state index < -0.39 is 10.8 Å². The molecule has 0 aromatic heterocycles. The molecule has 1 unspecified atom stereocenters. The lowest BCUT2D eigenvalue weighted by Gasteiger charge is -2.34. The Hall–Kier alpha value is -2.76. The predicted molar refractivity (Wildman–Crippen MR) is 88.2 cm³/mol. The van der Waals surface area contributed by atoms with Gasteiger partial charge in [-0.05, 0) is 32.3 Å². The molecular weight excluding hydrogens is 308 g/mol. The molecule has 24 heavy (non-hydrogen) atoms. The van der Waals surface area contributed by atoms with E-state index in [9.17, 15) is 19.7 Å². The lowest BCUT2D eigenvalue weighted by atomic mass is 9.74. The van der Waals surface area contributed by atoms with Crippen molar-refractivity contribution in [1.29, 1.82) is 0 Å². The van der Waals surface area contributed by atoms with Gasteiger partial charge in [0.25, 0.3) is 5.69 Å². The van der Waals surface area contributed by atoms with Gasteiger partial charge in [0, 0.05) is 47.0 Å². The molecule has 3 rings (SSSR count). The average molecular weight is 326 g/mol. The van der Waals surface area contributed by atoms with Crippen LogP contribution in [0.2, 0.25) is 0 Å². The van der Waals surface area contributed by atoms with Gasteiger partial charge in [-0.15, -0.1) is 0 Å². The number of hydrogen-bond acceptors (Lipinski definition) is 5. The van der Waals surface area contributed by atoms with Crippen molar-refractivity contribution in [2.24, 2.45) is 0 Å². The molecule has 6 heteroatoms. The highest BCUT2D eigenvalue weighted by molar-refractivity contribution is 6.05. The van der Waals surface area contributed by atoms with Crippen molar-refractivity contribution in [2.45, 2.75) is 39.0 Å². The third kappa shape index (κ3) is 2.64. The first-order chi connectivity index (χ1) is 11.4. The van der Waals surface area contributed by atoms with Gasteiger partial charge in [-0.2, -0.15) is 0 Å². The molecule has 124 valence electrons. The van der Waals surface area contributed by atoms with Crippen molar-refractivity contribution in [2.75, 3.05) is 0 Å². The quantitative estimate of drug-likeness (QED) is 0.681. The Morgan fingerprint density at radius 1 is 1.25 bits per heavy atom. The maximum absolute atomic E-state index is 12.5. The molecule has 0 saturated heterocycles. The molecule has 1 heterocycles. The Bertz CT molecular complexity index is 803. The van der Waals surface area contributed by atoms with E-state index in [-0.39, 0.29) is 17.3 Å². The van der Waals surface area contributed by atoms with Crippen LogP contribution < -0.4 is 5.32 Å². The van der Waals surface area contributed by atoms with Gasteiger partial charge in [0.1, 0.15) is 0 Å². The lowest BCUT2D eigenvalue weighted by molar-refractivity contribution is -0.384. The van der Waals surface area contributed by atoms with Gasteiger partial charge >= 0.3 is 0 Å². The maximum atomic E-state index is 12.5. The molecule has 2 aliphatic rings. The Morgan fingerprint density at radius 2 is 1.92 bits per heavy atom. The molecule has 0 radical (unpaired) electrons. The van der Waals surface area contributed by atoms with Crippen LogP contribution in [0.4, 0.5) is 5.69 Å². The largest absolute Gasteiger partial charge is 0.362 e. The highest BCUT2D eigenvalue weighted by Crippen LogP contribution is 2.42. The van der Waals surface area contributed by atoms with Crippen molar-refractivity contribution in [3.8, 4) is 0 Å². The Morgan fingerprint density at radius 3 is 2.50 bits per heavy atom. The monoisotopic (exact) mass is 326 g/mol. The summed E-state index contributed by atoms with van der Waals surface area (Å²) in [6.45, 7) is 3.32. The summed E-state index contributed by atoms with van der Waals surface area (Å²) in [6.07, 6.45) is 2.03. The molecule has 0 spiro atoms. The molecule has 0 saturated carbocycles. The molecule has 1 aliphatic heterocycles. The molecule has 1 aliphatic carbocycles. The molecule has 0 bridgehead atoms. The van der Waals surface area contributed by atoms with E-state index >= 15 is 0 Å². The molecule has 6 nitrogen and oxygen atoms in total. The molecule has 1 N–H and O–H groups in total. The fraction of sp³-hybridized carbons (Fsp3) is 0.333. The van der Waals surface area contributed by atoms with Gasteiger partial charge in [0.2, 0.25) is 0 Å². The smallest absolute Gasteiger partial charge is 0.269 e. The second-order valence-electron chi connectivity index (χ2n) is 6.17.